The molecule has 1 aromatic rings. The van der Waals surface area contributed by atoms with Crippen LogP contribution in [0, 0.1) is 5.92 Å². The van der Waals surface area contributed by atoms with Gasteiger partial charge in [0.05, 0.1) is 19.2 Å². The third-order valence-corrected chi connectivity index (χ3v) is 3.71. The van der Waals surface area contributed by atoms with Gasteiger partial charge in [-0.05, 0) is 44.1 Å². The van der Waals surface area contributed by atoms with E-state index in [0.717, 1.165) is 25.1 Å². The molecular weight excluding hydrogens is 300 g/mol. The van der Waals surface area contributed by atoms with Crippen molar-refractivity contribution in [1.29, 1.82) is 0 Å². The van der Waals surface area contributed by atoms with Crippen molar-refractivity contribution in [2.75, 3.05) is 34.9 Å². The van der Waals surface area contributed by atoms with Gasteiger partial charge in [0.15, 0.2) is 11.5 Å². The van der Waals surface area contributed by atoms with Crippen LogP contribution in [0.4, 0.5) is 0 Å². The van der Waals surface area contributed by atoms with Crippen molar-refractivity contribution in [2.24, 2.45) is 5.92 Å². The summed E-state index contributed by atoms with van der Waals surface area (Å²) in [4.78, 5) is 2.21. The second kappa shape index (κ2) is 9.23. The zero-order valence-electron chi connectivity index (χ0n) is 14.6. The average Bonchev–Trinajstić information content (AvgIpc) is 2.42. The van der Waals surface area contributed by atoms with Gasteiger partial charge in [0, 0.05) is 19.1 Å². The monoisotopic (exact) mass is 328 g/mol. The van der Waals surface area contributed by atoms with Gasteiger partial charge in [-0.1, -0.05) is 25.4 Å². The molecule has 22 heavy (non-hydrogen) atoms. The Morgan fingerprint density at radius 2 is 1.86 bits per heavy atom. The number of ether oxygens (including phenoxy) is 2. The molecule has 0 radical (unpaired) electrons. The Morgan fingerprint density at radius 3 is 2.36 bits per heavy atom. The summed E-state index contributed by atoms with van der Waals surface area (Å²) in [5.41, 5.74) is 1.09. The highest BCUT2D eigenvalue weighted by molar-refractivity contribution is 6.32. The van der Waals surface area contributed by atoms with E-state index in [1.54, 1.807) is 14.2 Å². The van der Waals surface area contributed by atoms with E-state index in [1.165, 1.54) is 0 Å². The molecule has 0 spiro atoms. The van der Waals surface area contributed by atoms with Gasteiger partial charge in [0.25, 0.3) is 0 Å². The van der Waals surface area contributed by atoms with Crippen molar-refractivity contribution in [3.63, 3.8) is 0 Å². The minimum absolute atomic E-state index is 0.446. The first-order valence-electron chi connectivity index (χ1n) is 7.65. The summed E-state index contributed by atoms with van der Waals surface area (Å²) in [6.07, 6.45) is 1.14. The fourth-order valence-corrected chi connectivity index (χ4v) is 2.88. The molecule has 1 unspecified atom stereocenters. The Balaban J connectivity index is 2.78. The molecule has 1 aromatic carbocycles. The molecular formula is C17H29ClN2O2. The van der Waals surface area contributed by atoms with Gasteiger partial charge in [0.2, 0.25) is 0 Å². The zero-order chi connectivity index (χ0) is 16.7. The quantitative estimate of drug-likeness (QED) is 0.753. The number of nitrogens with one attached hydrogen (secondary N) is 1. The van der Waals surface area contributed by atoms with Crippen LogP contribution in [-0.2, 0) is 6.54 Å². The molecule has 1 rings (SSSR count). The maximum absolute atomic E-state index is 6.26. The summed E-state index contributed by atoms with van der Waals surface area (Å²) < 4.78 is 10.6. The molecule has 5 heteroatoms. The van der Waals surface area contributed by atoms with Gasteiger partial charge in [0.1, 0.15) is 0 Å². The van der Waals surface area contributed by atoms with Crippen LogP contribution in [0.15, 0.2) is 12.1 Å². The topological polar surface area (TPSA) is 33.7 Å². The Hall–Kier alpha value is -0.970. The lowest BCUT2D eigenvalue weighted by atomic mass is 10.0. The third-order valence-electron chi connectivity index (χ3n) is 3.43. The van der Waals surface area contributed by atoms with Gasteiger partial charge in [-0.2, -0.15) is 0 Å². The predicted octanol–water partition coefficient (Wildman–Crippen LogP) is 3.42. The van der Waals surface area contributed by atoms with Crippen molar-refractivity contribution >= 4 is 11.6 Å². The lowest BCUT2D eigenvalue weighted by molar-refractivity contribution is 0.304. The smallest absolute Gasteiger partial charge is 0.179 e. The van der Waals surface area contributed by atoms with Gasteiger partial charge < -0.3 is 19.7 Å². The first kappa shape index (κ1) is 19.1. The van der Waals surface area contributed by atoms with Crippen molar-refractivity contribution in [1.82, 2.24) is 10.2 Å². The highest BCUT2D eigenvalue weighted by Gasteiger charge is 2.14. The van der Waals surface area contributed by atoms with Crippen molar-refractivity contribution in [2.45, 2.75) is 32.9 Å². The second-order valence-corrected chi connectivity index (χ2v) is 6.69. The van der Waals surface area contributed by atoms with E-state index < -0.39 is 0 Å². The van der Waals surface area contributed by atoms with Crippen LogP contribution in [0.25, 0.3) is 0 Å². The van der Waals surface area contributed by atoms with Crippen LogP contribution in [0.2, 0.25) is 5.02 Å². The van der Waals surface area contributed by atoms with Crippen LogP contribution >= 0.6 is 11.6 Å². The van der Waals surface area contributed by atoms with Crippen LogP contribution in [0.3, 0.4) is 0 Å². The van der Waals surface area contributed by atoms with Crippen LogP contribution < -0.4 is 14.8 Å². The Kier molecular flexibility index (Phi) is 8.01. The highest BCUT2D eigenvalue weighted by atomic mass is 35.5. The van der Waals surface area contributed by atoms with Gasteiger partial charge in [-0.15, -0.1) is 0 Å². The Labute approximate surface area is 139 Å². The molecule has 1 N–H and O–H groups in total. The maximum atomic E-state index is 6.26. The SMILES string of the molecule is COc1cc(CNC(CC(C)C)CN(C)C)cc(Cl)c1OC. The molecule has 0 saturated carbocycles. The summed E-state index contributed by atoms with van der Waals surface area (Å²) in [5.74, 6) is 1.91. The number of benzene rings is 1. The lowest BCUT2D eigenvalue weighted by Gasteiger charge is -2.24. The van der Waals surface area contributed by atoms with Crippen molar-refractivity contribution in [3.8, 4) is 11.5 Å². The number of methoxy groups -OCH3 is 2. The molecule has 0 amide bonds. The normalized spacial score (nSPS) is 12.8. The molecule has 4 nitrogen and oxygen atoms in total. The summed E-state index contributed by atoms with van der Waals surface area (Å²) in [5, 5.41) is 4.19. The average molecular weight is 329 g/mol. The number of halogens is 1. The molecule has 0 aliphatic carbocycles. The molecule has 0 bridgehead atoms. The standard InChI is InChI=1S/C17H29ClN2O2/c1-12(2)7-14(11-20(3)4)19-10-13-8-15(18)17(22-6)16(9-13)21-5/h8-9,12,14,19H,7,10-11H2,1-6H3. The number of hydrogen-bond acceptors (Lipinski definition) is 4. The first-order chi connectivity index (χ1) is 10.4. The zero-order valence-corrected chi connectivity index (χ0v) is 15.3. The number of likely N-dealkylation sites (N-methyl/N-ethyl adjacent to an activating group) is 1. The minimum atomic E-state index is 0.446. The van der Waals surface area contributed by atoms with Crippen molar-refractivity contribution in [3.05, 3.63) is 22.7 Å². The van der Waals surface area contributed by atoms with Gasteiger partial charge >= 0.3 is 0 Å². The largest absolute Gasteiger partial charge is 0.493 e. The van der Waals surface area contributed by atoms with Gasteiger partial charge in [-0.25, -0.2) is 0 Å². The van der Waals surface area contributed by atoms with E-state index >= 15 is 0 Å². The second-order valence-electron chi connectivity index (χ2n) is 6.28. The minimum Gasteiger partial charge on any atom is -0.493 e. The molecule has 0 saturated heterocycles. The Morgan fingerprint density at radius 1 is 1.18 bits per heavy atom. The third kappa shape index (κ3) is 6.03. The van der Waals surface area contributed by atoms with E-state index in [4.69, 9.17) is 21.1 Å². The molecule has 0 aromatic heterocycles. The van der Waals surface area contributed by atoms with Crippen molar-refractivity contribution < 1.29 is 9.47 Å². The number of nitrogens with zero attached hydrogens (tertiary/aromatic N) is 1. The summed E-state index contributed by atoms with van der Waals surface area (Å²) in [7, 11) is 7.42. The van der Waals surface area contributed by atoms with Gasteiger partial charge in [-0.3, -0.25) is 0 Å². The van der Waals surface area contributed by atoms with E-state index in [2.05, 4.69) is 38.2 Å². The number of hydrogen-bond donors (Lipinski definition) is 1. The fourth-order valence-electron chi connectivity index (χ4n) is 2.57. The van der Waals surface area contributed by atoms with E-state index in [0.29, 0.717) is 28.5 Å². The van der Waals surface area contributed by atoms with Crippen LogP contribution in [0.5, 0.6) is 11.5 Å². The summed E-state index contributed by atoms with van der Waals surface area (Å²) in [6.45, 7) is 6.26. The molecule has 126 valence electrons. The summed E-state index contributed by atoms with van der Waals surface area (Å²) >= 11 is 6.26. The lowest BCUT2D eigenvalue weighted by Crippen LogP contribution is -2.38. The Bertz CT molecular complexity index is 454. The fraction of sp³-hybridized carbons (Fsp3) is 0.647. The maximum Gasteiger partial charge on any atom is 0.179 e. The number of rotatable bonds is 9. The highest BCUT2D eigenvalue weighted by Crippen LogP contribution is 2.35. The van der Waals surface area contributed by atoms with Crippen LogP contribution in [0.1, 0.15) is 25.8 Å². The molecule has 0 aliphatic heterocycles. The molecule has 0 heterocycles. The van der Waals surface area contributed by atoms with Crippen LogP contribution in [-0.4, -0.2) is 45.8 Å². The molecule has 0 aliphatic rings. The predicted molar refractivity (Wildman–Crippen MR) is 93.2 cm³/mol. The first-order valence-corrected chi connectivity index (χ1v) is 8.03. The van der Waals surface area contributed by atoms with E-state index in [1.807, 2.05) is 12.1 Å². The summed E-state index contributed by atoms with van der Waals surface area (Å²) in [6, 6.07) is 4.35. The molecule has 0 fully saturated rings. The molecule has 1 atom stereocenters. The van der Waals surface area contributed by atoms with E-state index in [9.17, 15) is 0 Å². The van der Waals surface area contributed by atoms with E-state index in [-0.39, 0.29) is 0 Å².